The average molecular weight is 240 g/mol. The van der Waals surface area contributed by atoms with E-state index in [0.717, 1.165) is 25.4 Å². The first-order valence-electron chi connectivity index (χ1n) is 6.72. The molecule has 17 heavy (non-hydrogen) atoms. The summed E-state index contributed by atoms with van der Waals surface area (Å²) in [5, 5.41) is 2.95. The molecule has 4 heteroatoms. The van der Waals surface area contributed by atoms with E-state index < -0.39 is 0 Å². The number of carbonyl (C=O) groups is 1. The van der Waals surface area contributed by atoms with E-state index in [1.165, 1.54) is 12.8 Å². The van der Waals surface area contributed by atoms with Crippen LogP contribution in [0.25, 0.3) is 0 Å². The molecular formula is C13H24N2O2. The first-order valence-corrected chi connectivity index (χ1v) is 6.72. The molecule has 0 saturated heterocycles. The van der Waals surface area contributed by atoms with Crippen molar-refractivity contribution in [3.05, 3.63) is 0 Å². The Morgan fingerprint density at radius 3 is 2.71 bits per heavy atom. The number of carbonyl (C=O) groups excluding carboxylic acids is 1. The zero-order valence-electron chi connectivity index (χ0n) is 10.7. The fraction of sp³-hybridized carbons (Fsp3) is 0.923. The summed E-state index contributed by atoms with van der Waals surface area (Å²) in [6.45, 7) is 4.72. The van der Waals surface area contributed by atoms with E-state index >= 15 is 0 Å². The van der Waals surface area contributed by atoms with E-state index in [1.54, 1.807) is 0 Å². The topological polar surface area (TPSA) is 64.4 Å². The summed E-state index contributed by atoms with van der Waals surface area (Å²) in [5.41, 5.74) is 5.44. The molecule has 0 aliphatic heterocycles. The minimum absolute atomic E-state index is 0.119. The van der Waals surface area contributed by atoms with E-state index in [1.807, 2.05) is 0 Å². The van der Waals surface area contributed by atoms with Crippen molar-refractivity contribution < 1.29 is 9.53 Å². The molecule has 2 aliphatic carbocycles. The Labute approximate surface area is 103 Å². The molecule has 0 bridgehead atoms. The molecule has 2 fully saturated rings. The molecule has 0 atom stereocenters. The van der Waals surface area contributed by atoms with Crippen molar-refractivity contribution in [2.24, 2.45) is 23.0 Å². The highest BCUT2D eigenvalue weighted by Crippen LogP contribution is 2.44. The van der Waals surface area contributed by atoms with Crippen molar-refractivity contribution in [2.75, 3.05) is 26.3 Å². The van der Waals surface area contributed by atoms with Gasteiger partial charge >= 0.3 is 0 Å². The second kappa shape index (κ2) is 5.36. The number of nitrogens with two attached hydrogens (primary N) is 1. The quantitative estimate of drug-likeness (QED) is 0.650. The predicted octanol–water partition coefficient (Wildman–Crippen LogP) is 0.904. The second-order valence-electron chi connectivity index (χ2n) is 5.77. The van der Waals surface area contributed by atoms with Gasteiger partial charge in [-0.1, -0.05) is 6.92 Å². The fourth-order valence-corrected chi connectivity index (χ4v) is 2.68. The summed E-state index contributed by atoms with van der Waals surface area (Å²) in [4.78, 5) is 12.0. The first-order chi connectivity index (χ1) is 8.16. The van der Waals surface area contributed by atoms with Crippen LogP contribution in [-0.2, 0) is 9.53 Å². The Hall–Kier alpha value is -0.610. The van der Waals surface area contributed by atoms with Gasteiger partial charge in [0.25, 0.3) is 0 Å². The minimum atomic E-state index is -0.282. The molecule has 4 nitrogen and oxygen atoms in total. The molecule has 2 rings (SSSR count). The van der Waals surface area contributed by atoms with Gasteiger partial charge < -0.3 is 15.8 Å². The maximum absolute atomic E-state index is 12.0. The third kappa shape index (κ3) is 3.19. The van der Waals surface area contributed by atoms with Crippen molar-refractivity contribution in [1.82, 2.24) is 5.32 Å². The van der Waals surface area contributed by atoms with Gasteiger partial charge in [-0.3, -0.25) is 4.79 Å². The van der Waals surface area contributed by atoms with Gasteiger partial charge in [0.1, 0.15) is 0 Å². The van der Waals surface area contributed by atoms with E-state index in [0.29, 0.717) is 25.6 Å². The van der Waals surface area contributed by atoms with E-state index in [9.17, 15) is 4.79 Å². The van der Waals surface area contributed by atoms with Gasteiger partial charge in [0.05, 0.1) is 12.0 Å². The number of rotatable bonds is 7. The SMILES string of the molecule is CC1CC(CN)(C(=O)NCCOCC2CC2)C1. The van der Waals surface area contributed by atoms with Crippen molar-refractivity contribution in [2.45, 2.75) is 32.6 Å². The van der Waals surface area contributed by atoms with Gasteiger partial charge in [0, 0.05) is 19.7 Å². The van der Waals surface area contributed by atoms with Crippen molar-refractivity contribution >= 4 is 5.91 Å². The Bertz CT molecular complexity index is 271. The van der Waals surface area contributed by atoms with Crippen LogP contribution in [0.1, 0.15) is 32.6 Å². The number of hydrogen-bond acceptors (Lipinski definition) is 3. The van der Waals surface area contributed by atoms with Gasteiger partial charge in [0.2, 0.25) is 5.91 Å². The summed E-state index contributed by atoms with van der Waals surface area (Å²) in [6.07, 6.45) is 4.47. The number of amides is 1. The van der Waals surface area contributed by atoms with Crippen molar-refractivity contribution in [1.29, 1.82) is 0 Å². The van der Waals surface area contributed by atoms with Crippen molar-refractivity contribution in [3.63, 3.8) is 0 Å². The van der Waals surface area contributed by atoms with Gasteiger partial charge in [-0.15, -0.1) is 0 Å². The van der Waals surface area contributed by atoms with Gasteiger partial charge in [-0.25, -0.2) is 0 Å². The lowest BCUT2D eigenvalue weighted by Gasteiger charge is -2.44. The van der Waals surface area contributed by atoms with Gasteiger partial charge in [-0.2, -0.15) is 0 Å². The summed E-state index contributed by atoms with van der Waals surface area (Å²) in [7, 11) is 0. The summed E-state index contributed by atoms with van der Waals surface area (Å²) in [5.74, 6) is 1.54. The van der Waals surface area contributed by atoms with Crippen LogP contribution >= 0.6 is 0 Å². The molecule has 0 radical (unpaired) electrons. The standard InChI is InChI=1S/C13H24N2O2/c1-10-6-13(7-10,9-14)12(16)15-4-5-17-8-11-2-3-11/h10-11H,2-9,14H2,1H3,(H,15,16). The molecule has 0 unspecified atom stereocenters. The summed E-state index contributed by atoms with van der Waals surface area (Å²) < 4.78 is 5.48. The van der Waals surface area contributed by atoms with Gasteiger partial charge in [-0.05, 0) is 37.5 Å². The summed E-state index contributed by atoms with van der Waals surface area (Å²) in [6, 6.07) is 0. The zero-order valence-corrected chi connectivity index (χ0v) is 10.7. The minimum Gasteiger partial charge on any atom is -0.379 e. The third-order valence-electron chi connectivity index (χ3n) is 3.93. The maximum atomic E-state index is 12.0. The monoisotopic (exact) mass is 240 g/mol. The molecule has 0 spiro atoms. The first kappa shape index (κ1) is 12.8. The largest absolute Gasteiger partial charge is 0.379 e. The average Bonchev–Trinajstić information content (AvgIpc) is 3.07. The molecule has 0 heterocycles. The van der Waals surface area contributed by atoms with E-state index in [4.69, 9.17) is 10.5 Å². The zero-order chi connectivity index (χ0) is 12.3. The van der Waals surface area contributed by atoms with Crippen LogP contribution in [0.5, 0.6) is 0 Å². The number of nitrogens with one attached hydrogen (secondary N) is 1. The summed E-state index contributed by atoms with van der Waals surface area (Å²) >= 11 is 0. The van der Waals surface area contributed by atoms with Crippen LogP contribution in [0.3, 0.4) is 0 Å². The van der Waals surface area contributed by atoms with Crippen LogP contribution in [-0.4, -0.2) is 32.2 Å². The normalized spacial score (nSPS) is 32.0. The molecule has 3 N–H and O–H groups in total. The van der Waals surface area contributed by atoms with E-state index in [2.05, 4.69) is 12.2 Å². The Balaban J connectivity index is 1.59. The highest BCUT2D eigenvalue weighted by molar-refractivity contribution is 5.83. The highest BCUT2D eigenvalue weighted by atomic mass is 16.5. The van der Waals surface area contributed by atoms with Crippen LogP contribution < -0.4 is 11.1 Å². The van der Waals surface area contributed by atoms with Crippen LogP contribution in [0.15, 0.2) is 0 Å². The lowest BCUT2D eigenvalue weighted by molar-refractivity contribution is -0.138. The number of hydrogen-bond donors (Lipinski definition) is 2. The molecule has 98 valence electrons. The number of ether oxygens (including phenoxy) is 1. The highest BCUT2D eigenvalue weighted by Gasteiger charge is 2.46. The molecular weight excluding hydrogens is 216 g/mol. The van der Waals surface area contributed by atoms with Gasteiger partial charge in [0.15, 0.2) is 0 Å². The fourth-order valence-electron chi connectivity index (χ4n) is 2.68. The Morgan fingerprint density at radius 1 is 1.47 bits per heavy atom. The van der Waals surface area contributed by atoms with Crippen LogP contribution in [0.2, 0.25) is 0 Å². The van der Waals surface area contributed by atoms with Crippen LogP contribution in [0, 0.1) is 17.3 Å². The van der Waals surface area contributed by atoms with Crippen LogP contribution in [0.4, 0.5) is 0 Å². The second-order valence-corrected chi connectivity index (χ2v) is 5.77. The maximum Gasteiger partial charge on any atom is 0.227 e. The van der Waals surface area contributed by atoms with Crippen molar-refractivity contribution in [3.8, 4) is 0 Å². The Morgan fingerprint density at radius 2 is 2.18 bits per heavy atom. The smallest absolute Gasteiger partial charge is 0.227 e. The lowest BCUT2D eigenvalue weighted by Crippen LogP contribution is -2.53. The Kier molecular flexibility index (Phi) is 4.05. The molecule has 2 aliphatic rings. The lowest BCUT2D eigenvalue weighted by atomic mass is 9.62. The molecule has 0 aromatic heterocycles. The molecule has 0 aromatic carbocycles. The molecule has 2 saturated carbocycles. The predicted molar refractivity (Wildman–Crippen MR) is 66.4 cm³/mol. The van der Waals surface area contributed by atoms with E-state index in [-0.39, 0.29) is 11.3 Å². The molecule has 0 aromatic rings. The third-order valence-corrected chi connectivity index (χ3v) is 3.93. The molecule has 1 amide bonds.